The van der Waals surface area contributed by atoms with Gasteiger partial charge in [0.1, 0.15) is 5.75 Å². The molecular formula is C18H12Br2ClN3O2. The molecule has 0 aliphatic heterocycles. The maximum Gasteiger partial charge on any atom is 0.275 e. The van der Waals surface area contributed by atoms with Crippen molar-refractivity contribution in [1.82, 2.24) is 9.99 Å². The number of nitrogens with zero attached hydrogens (tertiary/aromatic N) is 2. The highest BCUT2D eigenvalue weighted by Gasteiger charge is 2.14. The molecule has 1 aromatic heterocycles. The fourth-order valence-corrected chi connectivity index (χ4v) is 3.64. The van der Waals surface area contributed by atoms with Gasteiger partial charge in [-0.05, 0) is 64.5 Å². The second-order valence-electron chi connectivity index (χ2n) is 5.26. The van der Waals surface area contributed by atoms with Crippen LogP contribution in [0.3, 0.4) is 0 Å². The minimum absolute atomic E-state index is 0.108. The number of halogens is 3. The molecule has 0 bridgehead atoms. The van der Waals surface area contributed by atoms with Crippen molar-refractivity contribution in [3.05, 3.63) is 80.0 Å². The van der Waals surface area contributed by atoms with E-state index in [1.54, 1.807) is 18.2 Å². The molecule has 26 heavy (non-hydrogen) atoms. The molecule has 1 heterocycles. The maximum atomic E-state index is 12.2. The van der Waals surface area contributed by atoms with Crippen molar-refractivity contribution >= 4 is 55.6 Å². The molecule has 0 radical (unpaired) electrons. The number of nitrogens with one attached hydrogen (secondary N) is 1. The summed E-state index contributed by atoms with van der Waals surface area (Å²) in [6, 6.07) is 14.3. The lowest BCUT2D eigenvalue weighted by Crippen LogP contribution is -2.18. The van der Waals surface area contributed by atoms with Gasteiger partial charge in [-0.1, -0.05) is 27.5 Å². The second kappa shape index (κ2) is 8.07. The number of hydrogen-bond acceptors (Lipinski definition) is 3. The topological polar surface area (TPSA) is 66.6 Å². The van der Waals surface area contributed by atoms with E-state index in [-0.39, 0.29) is 11.3 Å². The number of aromatic nitrogens is 1. The van der Waals surface area contributed by atoms with Crippen LogP contribution >= 0.6 is 43.5 Å². The van der Waals surface area contributed by atoms with Crippen LogP contribution in [0.25, 0.3) is 5.69 Å². The molecular weight excluding hydrogens is 485 g/mol. The molecule has 2 N–H and O–H groups in total. The van der Waals surface area contributed by atoms with Gasteiger partial charge in [-0.2, -0.15) is 5.10 Å². The fourth-order valence-electron chi connectivity index (χ4n) is 2.29. The van der Waals surface area contributed by atoms with Crippen molar-refractivity contribution in [1.29, 1.82) is 0 Å². The Morgan fingerprint density at radius 2 is 1.92 bits per heavy atom. The lowest BCUT2D eigenvalue weighted by molar-refractivity contribution is 0.0952. The largest absolute Gasteiger partial charge is 0.506 e. The third-order valence-corrected chi connectivity index (χ3v) is 4.84. The number of carbonyl (C=O) groups is 1. The van der Waals surface area contributed by atoms with E-state index < -0.39 is 5.91 Å². The monoisotopic (exact) mass is 495 g/mol. The van der Waals surface area contributed by atoms with E-state index in [1.165, 1.54) is 12.3 Å². The third kappa shape index (κ3) is 4.17. The number of benzene rings is 2. The molecule has 5 nitrogen and oxygen atoms in total. The van der Waals surface area contributed by atoms with Gasteiger partial charge in [-0.3, -0.25) is 4.79 Å². The van der Waals surface area contributed by atoms with Gasteiger partial charge < -0.3 is 9.67 Å². The number of hydrazone groups is 1. The van der Waals surface area contributed by atoms with E-state index in [1.807, 2.05) is 35.0 Å². The molecule has 0 atom stereocenters. The number of phenols is 1. The first kappa shape index (κ1) is 18.7. The zero-order chi connectivity index (χ0) is 18.7. The Labute approximate surface area is 171 Å². The molecule has 0 saturated heterocycles. The highest BCUT2D eigenvalue weighted by molar-refractivity contribution is 9.11. The van der Waals surface area contributed by atoms with Crippen LogP contribution < -0.4 is 5.43 Å². The predicted molar refractivity (Wildman–Crippen MR) is 109 cm³/mol. The Kier molecular flexibility index (Phi) is 5.80. The summed E-state index contributed by atoms with van der Waals surface area (Å²) < 4.78 is 2.98. The van der Waals surface area contributed by atoms with Gasteiger partial charge in [-0.25, -0.2) is 5.43 Å². The van der Waals surface area contributed by atoms with Crippen LogP contribution in [0.5, 0.6) is 5.75 Å². The lowest BCUT2D eigenvalue weighted by Gasteiger charge is -2.07. The number of phenolic OH excluding ortho intramolecular Hbond substituents is 1. The van der Waals surface area contributed by atoms with Gasteiger partial charge in [0, 0.05) is 21.4 Å². The van der Waals surface area contributed by atoms with Gasteiger partial charge in [0.15, 0.2) is 0 Å². The van der Waals surface area contributed by atoms with Gasteiger partial charge >= 0.3 is 0 Å². The molecule has 0 aliphatic carbocycles. The first-order chi connectivity index (χ1) is 12.5. The predicted octanol–water partition coefficient (Wildman–Crippen LogP) is 5.13. The molecule has 0 spiro atoms. The van der Waals surface area contributed by atoms with Crippen LogP contribution in [0, 0.1) is 0 Å². The van der Waals surface area contributed by atoms with Gasteiger partial charge in [0.25, 0.3) is 5.91 Å². The zero-order valence-electron chi connectivity index (χ0n) is 13.2. The summed E-state index contributed by atoms with van der Waals surface area (Å²) in [5, 5.41) is 14.6. The van der Waals surface area contributed by atoms with E-state index in [9.17, 15) is 9.90 Å². The fraction of sp³-hybridized carbons (Fsp3) is 0. The lowest BCUT2D eigenvalue weighted by atomic mass is 10.2. The quantitative estimate of drug-likeness (QED) is 0.388. The molecule has 0 saturated carbocycles. The van der Waals surface area contributed by atoms with Gasteiger partial charge in [0.2, 0.25) is 0 Å². The Hall–Kier alpha value is -2.09. The molecule has 132 valence electrons. The minimum atomic E-state index is -0.523. The summed E-state index contributed by atoms with van der Waals surface area (Å²) in [6.07, 6.45) is 3.40. The van der Waals surface area contributed by atoms with Crippen molar-refractivity contribution in [3.63, 3.8) is 0 Å². The average molecular weight is 498 g/mol. The Morgan fingerprint density at radius 1 is 1.19 bits per heavy atom. The summed E-state index contributed by atoms with van der Waals surface area (Å²) in [7, 11) is 0. The molecule has 2 aromatic carbocycles. The molecule has 8 heteroatoms. The van der Waals surface area contributed by atoms with E-state index in [2.05, 4.69) is 42.4 Å². The van der Waals surface area contributed by atoms with E-state index >= 15 is 0 Å². The smallest absolute Gasteiger partial charge is 0.275 e. The Balaban J connectivity index is 1.77. The number of amides is 1. The third-order valence-electron chi connectivity index (χ3n) is 3.52. The summed E-state index contributed by atoms with van der Waals surface area (Å²) in [5.41, 5.74) is 4.21. The van der Waals surface area contributed by atoms with Crippen LogP contribution in [0.1, 0.15) is 16.1 Å². The van der Waals surface area contributed by atoms with Crippen LogP contribution in [0.4, 0.5) is 0 Å². The normalized spacial score (nSPS) is 11.0. The molecule has 0 aliphatic rings. The van der Waals surface area contributed by atoms with Gasteiger partial charge in [0.05, 0.1) is 21.9 Å². The summed E-state index contributed by atoms with van der Waals surface area (Å²) >= 11 is 12.4. The Morgan fingerprint density at radius 3 is 2.65 bits per heavy atom. The van der Waals surface area contributed by atoms with Crippen LogP contribution in [0.15, 0.2) is 68.8 Å². The van der Waals surface area contributed by atoms with Crippen molar-refractivity contribution in [2.24, 2.45) is 5.10 Å². The van der Waals surface area contributed by atoms with E-state index in [4.69, 9.17) is 11.6 Å². The highest BCUT2D eigenvalue weighted by Crippen LogP contribution is 2.31. The van der Waals surface area contributed by atoms with E-state index in [0.717, 1.165) is 11.4 Å². The number of rotatable bonds is 4. The summed E-state index contributed by atoms with van der Waals surface area (Å²) in [6.45, 7) is 0. The van der Waals surface area contributed by atoms with Crippen molar-refractivity contribution < 1.29 is 9.90 Å². The van der Waals surface area contributed by atoms with Crippen molar-refractivity contribution in [2.45, 2.75) is 0 Å². The standard InChI is InChI=1S/C18H12Br2ClN3O2/c19-11-8-15(17(25)16(20)9-11)18(26)23-22-10-14-2-1-7-24(14)13-5-3-12(21)4-6-13/h1-10,25H,(H,23,26)/b22-10-. The van der Waals surface area contributed by atoms with Crippen molar-refractivity contribution in [3.8, 4) is 11.4 Å². The SMILES string of the molecule is O=C(N/N=C\c1cccn1-c1ccc(Cl)cc1)c1cc(Br)cc(Br)c1O. The minimum Gasteiger partial charge on any atom is -0.506 e. The maximum absolute atomic E-state index is 12.2. The Bertz CT molecular complexity index is 985. The molecule has 0 fully saturated rings. The molecule has 1 amide bonds. The van der Waals surface area contributed by atoms with Gasteiger partial charge in [-0.15, -0.1) is 0 Å². The zero-order valence-corrected chi connectivity index (χ0v) is 17.1. The number of aromatic hydroxyl groups is 1. The van der Waals surface area contributed by atoms with E-state index in [0.29, 0.717) is 14.0 Å². The summed E-state index contributed by atoms with van der Waals surface area (Å²) in [5.74, 6) is -0.671. The van der Waals surface area contributed by atoms with Crippen molar-refractivity contribution in [2.75, 3.05) is 0 Å². The van der Waals surface area contributed by atoms with Crippen LogP contribution in [-0.2, 0) is 0 Å². The van der Waals surface area contributed by atoms with Crippen LogP contribution in [0.2, 0.25) is 5.02 Å². The average Bonchev–Trinajstić information content (AvgIpc) is 3.07. The number of carbonyl (C=O) groups excluding carboxylic acids is 1. The molecule has 3 aromatic rings. The second-order valence-corrected chi connectivity index (χ2v) is 7.47. The highest BCUT2D eigenvalue weighted by atomic mass is 79.9. The molecule has 3 rings (SSSR count). The summed E-state index contributed by atoms with van der Waals surface area (Å²) in [4.78, 5) is 12.2. The van der Waals surface area contributed by atoms with Crippen LogP contribution in [-0.4, -0.2) is 21.8 Å². The number of hydrogen-bond donors (Lipinski definition) is 2. The first-order valence-electron chi connectivity index (χ1n) is 7.40. The first-order valence-corrected chi connectivity index (χ1v) is 9.37. The molecule has 0 unspecified atom stereocenters.